The van der Waals surface area contributed by atoms with Gasteiger partial charge in [0, 0.05) is 27.4 Å². The Kier molecular flexibility index (Phi) is 5.54. The highest BCUT2D eigenvalue weighted by molar-refractivity contribution is 5.93. The number of aliphatic hydroxyl groups is 1. The van der Waals surface area contributed by atoms with Crippen molar-refractivity contribution in [2.75, 3.05) is 39.7 Å². The van der Waals surface area contributed by atoms with E-state index in [1.807, 2.05) is 0 Å². The fourth-order valence-corrected chi connectivity index (χ4v) is 1.41. The van der Waals surface area contributed by atoms with E-state index < -0.39 is 0 Å². The largest absolute Gasteiger partial charge is 0.394 e. The van der Waals surface area contributed by atoms with Crippen LogP contribution in [0.25, 0.3) is 0 Å². The highest BCUT2D eigenvalue weighted by Crippen LogP contribution is 2.08. The van der Waals surface area contributed by atoms with Crippen molar-refractivity contribution >= 4 is 11.7 Å². The van der Waals surface area contributed by atoms with Gasteiger partial charge in [0.25, 0.3) is 5.91 Å². The molecule has 100 valence electrons. The summed E-state index contributed by atoms with van der Waals surface area (Å²) in [6.45, 7) is 0.338. The average molecular weight is 253 g/mol. The number of ether oxygens (including phenoxy) is 1. The van der Waals surface area contributed by atoms with Gasteiger partial charge in [-0.2, -0.15) is 0 Å². The predicted molar refractivity (Wildman–Crippen MR) is 68.6 cm³/mol. The second kappa shape index (κ2) is 6.93. The number of carbonyl (C=O) groups excluding carboxylic acids is 1. The lowest BCUT2D eigenvalue weighted by Crippen LogP contribution is -2.29. The first-order valence-electron chi connectivity index (χ1n) is 5.62. The molecule has 0 spiro atoms. The molecule has 0 aliphatic heterocycles. The maximum absolute atomic E-state index is 11.6. The molecule has 0 aliphatic rings. The van der Waals surface area contributed by atoms with Crippen LogP contribution in [-0.4, -0.2) is 61.4 Å². The summed E-state index contributed by atoms with van der Waals surface area (Å²) in [4.78, 5) is 17.3. The lowest BCUT2D eigenvalue weighted by molar-refractivity contribution is 0.0827. The minimum atomic E-state index is -0.210. The van der Waals surface area contributed by atoms with Crippen LogP contribution in [0.1, 0.15) is 10.4 Å². The summed E-state index contributed by atoms with van der Waals surface area (Å²) in [6.07, 6.45) is 1.51. The number of anilines is 1. The van der Waals surface area contributed by atoms with Gasteiger partial charge in [-0.1, -0.05) is 0 Å². The Hall–Kier alpha value is -1.66. The van der Waals surface area contributed by atoms with Crippen molar-refractivity contribution in [3.05, 3.63) is 23.9 Å². The summed E-state index contributed by atoms with van der Waals surface area (Å²) >= 11 is 0. The number of rotatable bonds is 6. The molecule has 1 aromatic rings. The fraction of sp³-hybridized carbons (Fsp3) is 0.500. The van der Waals surface area contributed by atoms with Gasteiger partial charge in [0.15, 0.2) is 0 Å². The first kappa shape index (κ1) is 14.4. The summed E-state index contributed by atoms with van der Waals surface area (Å²) in [6, 6.07) is 3.19. The Morgan fingerprint density at radius 1 is 1.56 bits per heavy atom. The minimum absolute atomic E-state index is 0.0477. The number of aromatic nitrogens is 1. The molecule has 0 bridgehead atoms. The van der Waals surface area contributed by atoms with Crippen LogP contribution >= 0.6 is 0 Å². The van der Waals surface area contributed by atoms with E-state index in [1.54, 1.807) is 33.3 Å². The smallest absolute Gasteiger partial charge is 0.254 e. The van der Waals surface area contributed by atoms with Gasteiger partial charge in [0.2, 0.25) is 0 Å². The molecule has 0 radical (unpaired) electrons. The molecule has 6 heteroatoms. The van der Waals surface area contributed by atoms with E-state index in [-0.39, 0.29) is 18.6 Å². The van der Waals surface area contributed by atoms with Crippen molar-refractivity contribution < 1.29 is 14.6 Å². The third-order valence-corrected chi connectivity index (χ3v) is 2.36. The predicted octanol–water partition coefficient (Wildman–Crippen LogP) is 0.203. The Morgan fingerprint density at radius 2 is 2.28 bits per heavy atom. The molecule has 18 heavy (non-hydrogen) atoms. The molecular weight excluding hydrogens is 234 g/mol. The van der Waals surface area contributed by atoms with E-state index in [9.17, 15) is 4.79 Å². The van der Waals surface area contributed by atoms with Crippen molar-refractivity contribution in [2.45, 2.75) is 6.04 Å². The SMILES string of the molecule is COCC(CO)Nc1ccc(C(=O)N(C)C)cn1. The van der Waals surface area contributed by atoms with Crippen LogP contribution in [-0.2, 0) is 4.74 Å². The molecule has 1 aromatic heterocycles. The van der Waals surface area contributed by atoms with Gasteiger partial charge in [-0.15, -0.1) is 0 Å². The van der Waals surface area contributed by atoms with Gasteiger partial charge < -0.3 is 20.1 Å². The molecule has 6 nitrogen and oxygen atoms in total. The molecule has 0 saturated carbocycles. The molecule has 1 atom stereocenters. The number of amides is 1. The number of nitrogens with one attached hydrogen (secondary N) is 1. The van der Waals surface area contributed by atoms with Crippen LogP contribution in [0.15, 0.2) is 18.3 Å². The van der Waals surface area contributed by atoms with E-state index in [2.05, 4.69) is 10.3 Å². The standard InChI is InChI=1S/C12H19N3O3/c1-15(2)12(17)9-4-5-11(13-6-9)14-10(7-16)8-18-3/h4-6,10,16H,7-8H2,1-3H3,(H,13,14). The Labute approximate surface area is 107 Å². The molecular formula is C12H19N3O3. The molecule has 1 rings (SSSR count). The Bertz CT molecular complexity index is 379. The molecule has 0 aliphatic carbocycles. The lowest BCUT2D eigenvalue weighted by Gasteiger charge is -2.16. The summed E-state index contributed by atoms with van der Waals surface area (Å²) in [5, 5.41) is 12.1. The number of hydrogen-bond acceptors (Lipinski definition) is 5. The third-order valence-electron chi connectivity index (χ3n) is 2.36. The Balaban J connectivity index is 2.68. The molecule has 2 N–H and O–H groups in total. The second-order valence-corrected chi connectivity index (χ2v) is 4.11. The summed E-state index contributed by atoms with van der Waals surface area (Å²) in [5.74, 6) is 0.506. The fourth-order valence-electron chi connectivity index (χ4n) is 1.41. The monoisotopic (exact) mass is 253 g/mol. The van der Waals surface area contributed by atoms with E-state index in [0.717, 1.165) is 0 Å². The van der Waals surface area contributed by atoms with Crippen LogP contribution in [0, 0.1) is 0 Å². The van der Waals surface area contributed by atoms with Gasteiger partial charge in [0.05, 0.1) is 24.8 Å². The Morgan fingerprint density at radius 3 is 2.72 bits per heavy atom. The number of hydrogen-bond donors (Lipinski definition) is 2. The number of nitrogens with zero attached hydrogens (tertiary/aromatic N) is 2. The normalized spacial score (nSPS) is 12.0. The van der Waals surface area contributed by atoms with Gasteiger partial charge >= 0.3 is 0 Å². The molecule has 1 amide bonds. The summed E-state index contributed by atoms with van der Waals surface area (Å²) in [7, 11) is 4.94. The zero-order chi connectivity index (χ0) is 13.5. The quantitative estimate of drug-likeness (QED) is 0.757. The highest BCUT2D eigenvalue weighted by atomic mass is 16.5. The lowest BCUT2D eigenvalue weighted by atomic mass is 10.2. The van der Waals surface area contributed by atoms with E-state index in [4.69, 9.17) is 9.84 Å². The minimum Gasteiger partial charge on any atom is -0.394 e. The van der Waals surface area contributed by atoms with Crippen molar-refractivity contribution in [2.24, 2.45) is 0 Å². The maximum atomic E-state index is 11.6. The molecule has 0 aromatic carbocycles. The van der Waals surface area contributed by atoms with Crippen LogP contribution in [0.4, 0.5) is 5.82 Å². The second-order valence-electron chi connectivity index (χ2n) is 4.11. The molecule has 1 unspecified atom stereocenters. The van der Waals surface area contributed by atoms with Gasteiger partial charge in [-0.25, -0.2) is 4.98 Å². The van der Waals surface area contributed by atoms with Crippen molar-refractivity contribution in [3.8, 4) is 0 Å². The van der Waals surface area contributed by atoms with Crippen LogP contribution < -0.4 is 5.32 Å². The molecule has 0 fully saturated rings. The topological polar surface area (TPSA) is 74.7 Å². The zero-order valence-electron chi connectivity index (χ0n) is 10.9. The zero-order valence-corrected chi connectivity index (χ0v) is 10.9. The molecule has 0 saturated heterocycles. The van der Waals surface area contributed by atoms with Gasteiger partial charge in [-0.05, 0) is 12.1 Å². The van der Waals surface area contributed by atoms with Crippen LogP contribution in [0.5, 0.6) is 0 Å². The average Bonchev–Trinajstić information content (AvgIpc) is 2.38. The first-order valence-corrected chi connectivity index (χ1v) is 5.62. The first-order chi connectivity index (χ1) is 8.58. The van der Waals surface area contributed by atoms with E-state index >= 15 is 0 Å². The summed E-state index contributed by atoms with van der Waals surface area (Å²) < 4.78 is 4.95. The number of pyridine rings is 1. The van der Waals surface area contributed by atoms with Crippen molar-refractivity contribution in [1.82, 2.24) is 9.88 Å². The third kappa shape index (κ3) is 3.97. The number of methoxy groups -OCH3 is 1. The van der Waals surface area contributed by atoms with Crippen molar-refractivity contribution in [3.63, 3.8) is 0 Å². The van der Waals surface area contributed by atoms with Crippen molar-refractivity contribution in [1.29, 1.82) is 0 Å². The van der Waals surface area contributed by atoms with E-state index in [1.165, 1.54) is 11.1 Å². The van der Waals surface area contributed by atoms with E-state index in [0.29, 0.717) is 18.0 Å². The summed E-state index contributed by atoms with van der Waals surface area (Å²) in [5.41, 5.74) is 0.526. The van der Waals surface area contributed by atoms with Gasteiger partial charge in [0.1, 0.15) is 5.82 Å². The highest BCUT2D eigenvalue weighted by Gasteiger charge is 2.10. The van der Waals surface area contributed by atoms with Crippen LogP contribution in [0.2, 0.25) is 0 Å². The van der Waals surface area contributed by atoms with Gasteiger partial charge in [-0.3, -0.25) is 4.79 Å². The van der Waals surface area contributed by atoms with Crippen LogP contribution in [0.3, 0.4) is 0 Å². The maximum Gasteiger partial charge on any atom is 0.254 e. The number of carbonyl (C=O) groups is 1. The molecule has 1 heterocycles. The number of aliphatic hydroxyl groups excluding tert-OH is 1.